The van der Waals surface area contributed by atoms with Gasteiger partial charge in [-0.1, -0.05) is 41.1 Å². The summed E-state index contributed by atoms with van der Waals surface area (Å²) < 4.78 is 6.45. The van der Waals surface area contributed by atoms with E-state index in [0.29, 0.717) is 6.42 Å². The molecule has 0 saturated carbocycles. The molecule has 0 radical (unpaired) electrons. The van der Waals surface area contributed by atoms with Gasteiger partial charge in [-0.2, -0.15) is 0 Å². The molecule has 0 bridgehead atoms. The summed E-state index contributed by atoms with van der Waals surface area (Å²) in [6.07, 6.45) is 2.38. The molecule has 5 heteroatoms. The van der Waals surface area contributed by atoms with Crippen LogP contribution in [0, 0.1) is 0 Å². The minimum absolute atomic E-state index is 0.0649. The summed E-state index contributed by atoms with van der Waals surface area (Å²) in [5, 5.41) is 1.79. The lowest BCUT2D eigenvalue weighted by Crippen LogP contribution is -2.39. The SMILES string of the molecule is CCC(=O)N1NC2=C(CCc3ccc(OC)cc32)C1c1ccc(Br)cc1. The Hall–Kier alpha value is -2.27. The average Bonchev–Trinajstić information content (AvgIpc) is 3.07. The van der Waals surface area contributed by atoms with Crippen molar-refractivity contribution in [2.24, 2.45) is 0 Å². The fourth-order valence-electron chi connectivity index (χ4n) is 3.82. The Labute approximate surface area is 161 Å². The molecule has 1 aliphatic carbocycles. The van der Waals surface area contributed by atoms with Gasteiger partial charge >= 0.3 is 0 Å². The van der Waals surface area contributed by atoms with E-state index >= 15 is 0 Å². The second-order valence-corrected chi connectivity index (χ2v) is 7.52. The zero-order valence-electron chi connectivity index (χ0n) is 14.9. The summed E-state index contributed by atoms with van der Waals surface area (Å²) in [6.45, 7) is 1.90. The number of carbonyl (C=O) groups is 1. The second kappa shape index (κ2) is 6.80. The smallest absolute Gasteiger partial charge is 0.241 e. The van der Waals surface area contributed by atoms with Crippen molar-refractivity contribution in [2.45, 2.75) is 32.2 Å². The number of ether oxygens (including phenoxy) is 1. The van der Waals surface area contributed by atoms with Gasteiger partial charge in [0, 0.05) is 16.5 Å². The molecular weight excluding hydrogens is 392 g/mol. The van der Waals surface area contributed by atoms with Crippen molar-refractivity contribution < 1.29 is 9.53 Å². The first-order valence-electron chi connectivity index (χ1n) is 8.87. The molecule has 2 aromatic carbocycles. The number of benzene rings is 2. The lowest BCUT2D eigenvalue weighted by molar-refractivity contribution is -0.134. The summed E-state index contributed by atoms with van der Waals surface area (Å²) >= 11 is 3.50. The highest BCUT2D eigenvalue weighted by atomic mass is 79.9. The zero-order chi connectivity index (χ0) is 18.3. The Balaban J connectivity index is 1.83. The number of carbonyl (C=O) groups excluding carboxylic acids is 1. The molecule has 2 aromatic rings. The standard InChI is InChI=1S/C21H21BrN2O2/c1-3-19(25)24-21(14-4-8-15(22)9-5-14)17-11-7-13-6-10-16(26-2)12-18(13)20(17)23-24/h4-6,8-10,12,21,23H,3,7,11H2,1-2H3. The molecule has 2 aliphatic rings. The molecule has 1 atom stereocenters. The number of nitrogens with one attached hydrogen (secondary N) is 1. The third kappa shape index (κ3) is 2.80. The highest BCUT2D eigenvalue weighted by molar-refractivity contribution is 9.10. The topological polar surface area (TPSA) is 41.6 Å². The largest absolute Gasteiger partial charge is 0.497 e. The van der Waals surface area contributed by atoms with Gasteiger partial charge in [0.05, 0.1) is 12.8 Å². The first-order chi connectivity index (χ1) is 12.6. The van der Waals surface area contributed by atoms with Crippen LogP contribution < -0.4 is 10.2 Å². The maximum atomic E-state index is 12.6. The highest BCUT2D eigenvalue weighted by Crippen LogP contribution is 2.45. The fourth-order valence-corrected chi connectivity index (χ4v) is 4.08. The van der Waals surface area contributed by atoms with E-state index in [4.69, 9.17) is 4.74 Å². The van der Waals surface area contributed by atoms with Crippen molar-refractivity contribution in [3.05, 3.63) is 69.2 Å². The normalized spacial score (nSPS) is 18.3. The molecule has 0 fully saturated rings. The van der Waals surface area contributed by atoms with Crippen LogP contribution in [0.4, 0.5) is 0 Å². The van der Waals surface area contributed by atoms with Crippen molar-refractivity contribution in [1.29, 1.82) is 0 Å². The molecule has 1 amide bonds. The van der Waals surface area contributed by atoms with Gasteiger partial charge in [0.25, 0.3) is 0 Å². The van der Waals surface area contributed by atoms with Crippen LogP contribution in [-0.4, -0.2) is 18.0 Å². The van der Waals surface area contributed by atoms with Crippen LogP contribution in [0.15, 0.2) is 52.5 Å². The summed E-state index contributed by atoms with van der Waals surface area (Å²) in [7, 11) is 1.68. The lowest BCUT2D eigenvalue weighted by atomic mass is 9.85. The molecule has 26 heavy (non-hydrogen) atoms. The fraction of sp³-hybridized carbons (Fsp3) is 0.286. The lowest BCUT2D eigenvalue weighted by Gasteiger charge is -2.26. The van der Waals surface area contributed by atoms with Crippen molar-refractivity contribution in [2.75, 3.05) is 7.11 Å². The molecule has 0 aromatic heterocycles. The number of rotatable bonds is 3. The monoisotopic (exact) mass is 412 g/mol. The molecular formula is C21H21BrN2O2. The predicted molar refractivity (Wildman–Crippen MR) is 105 cm³/mol. The van der Waals surface area contributed by atoms with Crippen LogP contribution in [0.2, 0.25) is 0 Å². The van der Waals surface area contributed by atoms with E-state index in [1.54, 1.807) is 12.1 Å². The Morgan fingerprint density at radius 1 is 1.23 bits per heavy atom. The quantitative estimate of drug-likeness (QED) is 0.799. The van der Waals surface area contributed by atoms with E-state index in [2.05, 4.69) is 45.6 Å². The number of hydrogen-bond donors (Lipinski definition) is 1. The van der Waals surface area contributed by atoms with Crippen molar-refractivity contribution in [3.8, 4) is 5.75 Å². The van der Waals surface area contributed by atoms with Crippen LogP contribution in [0.3, 0.4) is 0 Å². The van der Waals surface area contributed by atoms with E-state index < -0.39 is 0 Å². The third-order valence-electron chi connectivity index (χ3n) is 5.15. The van der Waals surface area contributed by atoms with Gasteiger partial charge in [0.2, 0.25) is 5.91 Å². The van der Waals surface area contributed by atoms with Gasteiger partial charge < -0.3 is 4.74 Å². The van der Waals surface area contributed by atoms with E-state index in [-0.39, 0.29) is 11.9 Å². The van der Waals surface area contributed by atoms with Crippen LogP contribution in [0.1, 0.15) is 42.5 Å². The van der Waals surface area contributed by atoms with Crippen LogP contribution in [0.5, 0.6) is 5.75 Å². The van der Waals surface area contributed by atoms with Crippen molar-refractivity contribution in [3.63, 3.8) is 0 Å². The number of halogens is 1. The Morgan fingerprint density at radius 2 is 2.00 bits per heavy atom. The maximum Gasteiger partial charge on any atom is 0.241 e. The van der Waals surface area contributed by atoms with Crippen molar-refractivity contribution in [1.82, 2.24) is 10.4 Å². The van der Waals surface area contributed by atoms with Crippen LogP contribution in [-0.2, 0) is 11.2 Å². The van der Waals surface area contributed by atoms with Crippen molar-refractivity contribution >= 4 is 27.5 Å². The van der Waals surface area contributed by atoms with Gasteiger partial charge in [-0.3, -0.25) is 10.2 Å². The summed E-state index contributed by atoms with van der Waals surface area (Å²) in [6, 6.07) is 14.4. The molecule has 1 N–H and O–H groups in total. The molecule has 0 spiro atoms. The summed E-state index contributed by atoms with van der Waals surface area (Å²) in [5.41, 5.74) is 9.29. The molecule has 0 saturated heterocycles. The minimum Gasteiger partial charge on any atom is -0.497 e. The summed E-state index contributed by atoms with van der Waals surface area (Å²) in [4.78, 5) is 12.6. The molecule has 134 valence electrons. The minimum atomic E-state index is -0.0649. The number of hydrogen-bond acceptors (Lipinski definition) is 3. The first kappa shape index (κ1) is 17.2. The van der Waals surface area contributed by atoms with Gasteiger partial charge in [-0.15, -0.1) is 0 Å². The zero-order valence-corrected chi connectivity index (χ0v) is 16.5. The van der Waals surface area contributed by atoms with Crippen LogP contribution in [0.25, 0.3) is 5.70 Å². The van der Waals surface area contributed by atoms with Crippen LogP contribution >= 0.6 is 15.9 Å². The number of nitrogens with zero attached hydrogens (tertiary/aromatic N) is 1. The first-order valence-corrected chi connectivity index (χ1v) is 9.66. The average molecular weight is 413 g/mol. The Kier molecular flexibility index (Phi) is 4.49. The van der Waals surface area contributed by atoms with Gasteiger partial charge in [0.1, 0.15) is 11.8 Å². The van der Waals surface area contributed by atoms with E-state index in [1.165, 1.54) is 11.1 Å². The van der Waals surface area contributed by atoms with Gasteiger partial charge in [-0.25, -0.2) is 5.01 Å². The van der Waals surface area contributed by atoms with E-state index in [9.17, 15) is 4.79 Å². The Morgan fingerprint density at radius 3 is 2.69 bits per heavy atom. The van der Waals surface area contributed by atoms with Gasteiger partial charge in [0.15, 0.2) is 0 Å². The predicted octanol–water partition coefficient (Wildman–Crippen LogP) is 4.61. The molecule has 4 nitrogen and oxygen atoms in total. The second-order valence-electron chi connectivity index (χ2n) is 6.61. The van der Waals surface area contributed by atoms with Gasteiger partial charge in [-0.05, 0) is 53.8 Å². The number of amides is 1. The highest BCUT2D eigenvalue weighted by Gasteiger charge is 2.38. The Bertz CT molecular complexity index is 889. The number of methoxy groups -OCH3 is 1. The third-order valence-corrected chi connectivity index (χ3v) is 5.68. The summed E-state index contributed by atoms with van der Waals surface area (Å²) in [5.74, 6) is 0.927. The molecule has 1 aliphatic heterocycles. The molecule has 1 unspecified atom stereocenters. The number of hydrazine groups is 1. The number of aryl methyl sites for hydroxylation is 1. The number of fused-ring (bicyclic) bond motifs is 2. The molecule has 4 rings (SSSR count). The van der Waals surface area contributed by atoms with E-state index in [1.807, 2.05) is 25.1 Å². The van der Waals surface area contributed by atoms with E-state index in [0.717, 1.165) is 39.9 Å². The maximum absolute atomic E-state index is 12.6. The molecule has 1 heterocycles.